The third kappa shape index (κ3) is 2.46. The zero-order valence-corrected chi connectivity index (χ0v) is 13.7. The highest BCUT2D eigenvalue weighted by Crippen LogP contribution is 2.34. The van der Waals surface area contributed by atoms with Gasteiger partial charge in [0.05, 0.1) is 5.92 Å². The fourth-order valence-corrected chi connectivity index (χ4v) is 3.03. The van der Waals surface area contributed by atoms with Gasteiger partial charge in [0, 0.05) is 36.6 Å². The van der Waals surface area contributed by atoms with Gasteiger partial charge in [-0.3, -0.25) is 9.78 Å². The molecule has 1 saturated heterocycles. The van der Waals surface area contributed by atoms with Crippen molar-refractivity contribution in [3.05, 3.63) is 54.2 Å². The van der Waals surface area contributed by atoms with Crippen LogP contribution in [0.2, 0.25) is 0 Å². The largest absolute Gasteiger partial charge is 0.454 e. The van der Waals surface area contributed by atoms with Crippen LogP contribution >= 0.6 is 0 Å². The Morgan fingerprint density at radius 3 is 2.88 bits per heavy atom. The van der Waals surface area contributed by atoms with Crippen LogP contribution in [0.1, 0.15) is 22.2 Å². The van der Waals surface area contributed by atoms with Gasteiger partial charge in [0.2, 0.25) is 18.5 Å². The molecule has 0 aliphatic carbocycles. The summed E-state index contributed by atoms with van der Waals surface area (Å²) in [6, 6.07) is 8.91. The van der Waals surface area contributed by atoms with Crippen molar-refractivity contribution < 1.29 is 18.8 Å². The van der Waals surface area contributed by atoms with E-state index in [1.807, 2.05) is 12.1 Å². The first-order valence-corrected chi connectivity index (χ1v) is 8.21. The number of carbonyl (C=O) groups is 1. The molecule has 0 atom stereocenters. The van der Waals surface area contributed by atoms with E-state index in [2.05, 4.69) is 15.1 Å². The lowest BCUT2D eigenvalue weighted by molar-refractivity contribution is 0.0569. The maximum absolute atomic E-state index is 12.6. The fraction of sp³-hybridized carbons (Fsp3) is 0.222. The molecule has 5 rings (SSSR count). The second-order valence-electron chi connectivity index (χ2n) is 6.17. The van der Waals surface area contributed by atoms with Gasteiger partial charge in [0.15, 0.2) is 11.5 Å². The highest BCUT2D eigenvalue weighted by molar-refractivity contribution is 5.95. The first-order valence-electron chi connectivity index (χ1n) is 8.21. The molecule has 4 heterocycles. The Bertz CT molecular complexity index is 966. The van der Waals surface area contributed by atoms with Gasteiger partial charge in [-0.2, -0.15) is 4.98 Å². The number of fused-ring (bicyclic) bond motifs is 1. The first-order chi connectivity index (χ1) is 12.8. The van der Waals surface area contributed by atoms with Crippen molar-refractivity contribution in [2.45, 2.75) is 5.92 Å². The SMILES string of the molecule is O=C(c1ccc2c(c1)OCO2)N1CC(c2nc(-c3cccnc3)no2)C1. The molecule has 3 aromatic rings. The molecule has 1 fully saturated rings. The summed E-state index contributed by atoms with van der Waals surface area (Å²) in [6.45, 7) is 1.28. The summed E-state index contributed by atoms with van der Waals surface area (Å²) in [5.41, 5.74) is 1.38. The summed E-state index contributed by atoms with van der Waals surface area (Å²) in [6.07, 6.45) is 3.38. The van der Waals surface area contributed by atoms with E-state index in [0.29, 0.717) is 41.9 Å². The Kier molecular flexibility index (Phi) is 3.34. The minimum atomic E-state index is -0.0495. The lowest BCUT2D eigenvalue weighted by atomic mass is 9.98. The van der Waals surface area contributed by atoms with Crippen molar-refractivity contribution >= 4 is 5.91 Å². The zero-order chi connectivity index (χ0) is 17.5. The third-order valence-corrected chi connectivity index (χ3v) is 4.50. The maximum Gasteiger partial charge on any atom is 0.254 e. The molecule has 26 heavy (non-hydrogen) atoms. The molecule has 8 nitrogen and oxygen atoms in total. The van der Waals surface area contributed by atoms with Crippen LogP contribution in [0.15, 0.2) is 47.2 Å². The van der Waals surface area contributed by atoms with Crippen molar-refractivity contribution in [2.24, 2.45) is 0 Å². The Labute approximate surface area is 148 Å². The van der Waals surface area contributed by atoms with Crippen molar-refractivity contribution in [1.29, 1.82) is 0 Å². The lowest BCUT2D eigenvalue weighted by Gasteiger charge is -2.37. The molecule has 2 aromatic heterocycles. The van der Waals surface area contributed by atoms with Crippen molar-refractivity contribution in [1.82, 2.24) is 20.0 Å². The van der Waals surface area contributed by atoms with Crippen LogP contribution < -0.4 is 9.47 Å². The number of likely N-dealkylation sites (tertiary alicyclic amines) is 1. The summed E-state index contributed by atoms with van der Waals surface area (Å²) in [4.78, 5) is 22.8. The number of hydrogen-bond acceptors (Lipinski definition) is 7. The van der Waals surface area contributed by atoms with Gasteiger partial charge in [-0.05, 0) is 30.3 Å². The minimum Gasteiger partial charge on any atom is -0.454 e. The molecule has 0 N–H and O–H groups in total. The number of nitrogens with zero attached hydrogens (tertiary/aromatic N) is 4. The van der Waals surface area contributed by atoms with Gasteiger partial charge in [0.1, 0.15) is 0 Å². The average molecular weight is 350 g/mol. The summed E-state index contributed by atoms with van der Waals surface area (Å²) < 4.78 is 15.9. The van der Waals surface area contributed by atoms with E-state index in [4.69, 9.17) is 14.0 Å². The Balaban J connectivity index is 1.26. The highest BCUT2D eigenvalue weighted by atomic mass is 16.7. The van der Waals surface area contributed by atoms with Gasteiger partial charge in [-0.15, -0.1) is 0 Å². The number of carbonyl (C=O) groups excluding carboxylic acids is 1. The van der Waals surface area contributed by atoms with E-state index in [1.54, 1.807) is 35.5 Å². The van der Waals surface area contributed by atoms with E-state index in [1.165, 1.54) is 0 Å². The van der Waals surface area contributed by atoms with Gasteiger partial charge in [0.25, 0.3) is 5.91 Å². The molecule has 0 bridgehead atoms. The number of ether oxygens (including phenoxy) is 2. The predicted molar refractivity (Wildman–Crippen MR) is 88.7 cm³/mol. The van der Waals surface area contributed by atoms with E-state index < -0.39 is 0 Å². The Morgan fingerprint density at radius 2 is 2.04 bits per heavy atom. The molecule has 2 aliphatic rings. The standard InChI is InChI=1S/C18H14N4O4/c23-18(11-3-4-14-15(6-11)25-10-24-14)22-8-13(9-22)17-20-16(21-26-17)12-2-1-5-19-7-12/h1-7,13H,8-10H2. The van der Waals surface area contributed by atoms with E-state index in [9.17, 15) is 4.79 Å². The van der Waals surface area contributed by atoms with Crippen molar-refractivity contribution in [3.8, 4) is 22.9 Å². The molecular weight excluding hydrogens is 336 g/mol. The lowest BCUT2D eigenvalue weighted by Crippen LogP contribution is -2.48. The maximum atomic E-state index is 12.6. The zero-order valence-electron chi connectivity index (χ0n) is 13.7. The summed E-state index contributed by atoms with van der Waals surface area (Å²) in [5.74, 6) is 2.31. The summed E-state index contributed by atoms with van der Waals surface area (Å²) in [7, 11) is 0. The number of aromatic nitrogens is 3. The molecule has 2 aliphatic heterocycles. The Morgan fingerprint density at radius 1 is 1.15 bits per heavy atom. The molecule has 130 valence electrons. The summed E-state index contributed by atoms with van der Waals surface area (Å²) >= 11 is 0. The van der Waals surface area contributed by atoms with Crippen LogP contribution in [0.5, 0.6) is 11.5 Å². The van der Waals surface area contributed by atoms with E-state index in [-0.39, 0.29) is 18.6 Å². The second-order valence-corrected chi connectivity index (χ2v) is 6.17. The predicted octanol–water partition coefficient (Wildman–Crippen LogP) is 2.10. The molecule has 0 spiro atoms. The van der Waals surface area contributed by atoms with E-state index in [0.717, 1.165) is 5.56 Å². The van der Waals surface area contributed by atoms with E-state index >= 15 is 0 Å². The van der Waals surface area contributed by atoms with Crippen LogP contribution in [0.25, 0.3) is 11.4 Å². The van der Waals surface area contributed by atoms with Crippen molar-refractivity contribution in [3.63, 3.8) is 0 Å². The molecule has 0 saturated carbocycles. The molecular formula is C18H14N4O4. The molecule has 0 unspecified atom stereocenters. The highest BCUT2D eigenvalue weighted by Gasteiger charge is 2.36. The van der Waals surface area contributed by atoms with Crippen LogP contribution in [-0.4, -0.2) is 45.8 Å². The minimum absolute atomic E-state index is 0.0471. The van der Waals surface area contributed by atoms with Gasteiger partial charge < -0.3 is 18.9 Å². The monoisotopic (exact) mass is 350 g/mol. The fourth-order valence-electron chi connectivity index (χ4n) is 3.03. The third-order valence-electron chi connectivity index (χ3n) is 4.50. The van der Waals surface area contributed by atoms with Crippen LogP contribution in [0.3, 0.4) is 0 Å². The van der Waals surface area contributed by atoms with Gasteiger partial charge in [-0.25, -0.2) is 0 Å². The summed E-state index contributed by atoms with van der Waals surface area (Å²) in [5, 5.41) is 4.00. The molecule has 1 amide bonds. The Hall–Kier alpha value is -3.42. The number of rotatable bonds is 3. The average Bonchev–Trinajstić information content (AvgIpc) is 3.30. The quantitative estimate of drug-likeness (QED) is 0.714. The topological polar surface area (TPSA) is 90.6 Å². The molecule has 1 aromatic carbocycles. The first kappa shape index (κ1) is 14.9. The normalized spacial score (nSPS) is 15.8. The number of amides is 1. The number of benzene rings is 1. The number of hydrogen-bond donors (Lipinski definition) is 0. The second kappa shape index (κ2) is 5.83. The van der Waals surface area contributed by atoms with Crippen LogP contribution in [-0.2, 0) is 0 Å². The van der Waals surface area contributed by atoms with Crippen LogP contribution in [0, 0.1) is 0 Å². The van der Waals surface area contributed by atoms with Gasteiger partial charge in [-0.1, -0.05) is 5.16 Å². The molecule has 8 heteroatoms. The van der Waals surface area contributed by atoms with Crippen LogP contribution in [0.4, 0.5) is 0 Å². The van der Waals surface area contributed by atoms with Gasteiger partial charge >= 0.3 is 0 Å². The molecule has 0 radical (unpaired) electrons. The number of pyridine rings is 1. The smallest absolute Gasteiger partial charge is 0.254 e. The van der Waals surface area contributed by atoms with Crippen molar-refractivity contribution in [2.75, 3.05) is 19.9 Å².